The molecule has 26 heavy (non-hydrogen) atoms. The van der Waals surface area contributed by atoms with Crippen molar-refractivity contribution < 1.29 is 14.5 Å². The molecule has 0 aromatic rings. The molecule has 5 atom stereocenters. The molecule has 0 spiro atoms. The van der Waals surface area contributed by atoms with Crippen molar-refractivity contribution in [2.24, 2.45) is 11.8 Å². The lowest BCUT2D eigenvalue weighted by Crippen LogP contribution is -2.33. The third-order valence-electron chi connectivity index (χ3n) is 6.12. The van der Waals surface area contributed by atoms with E-state index < -0.39 is 17.1 Å². The van der Waals surface area contributed by atoms with Gasteiger partial charge in [0.15, 0.2) is 0 Å². The van der Waals surface area contributed by atoms with Gasteiger partial charge in [0.05, 0.1) is 0 Å². The summed E-state index contributed by atoms with van der Waals surface area (Å²) in [7, 11) is 0. The van der Waals surface area contributed by atoms with E-state index in [9.17, 15) is 9.35 Å². The summed E-state index contributed by atoms with van der Waals surface area (Å²) >= 11 is 1.55. The van der Waals surface area contributed by atoms with Crippen LogP contribution in [0.15, 0.2) is 0 Å². The molecule has 2 aliphatic rings. The Bertz CT molecular complexity index is 405. The molecular formula is C21H38O3S2. The molecule has 2 fully saturated rings. The summed E-state index contributed by atoms with van der Waals surface area (Å²) in [5.74, 6) is 2.61. The zero-order chi connectivity index (χ0) is 18.8. The Kier molecular flexibility index (Phi) is 10.8. The monoisotopic (exact) mass is 402 g/mol. The van der Waals surface area contributed by atoms with Crippen molar-refractivity contribution >= 4 is 28.9 Å². The molecular weight excluding hydrogens is 364 g/mol. The fraction of sp³-hybridized carbons (Fsp3) is 0.952. The smallest absolute Gasteiger partial charge is 0.303 e. The van der Waals surface area contributed by atoms with Crippen molar-refractivity contribution in [2.75, 3.05) is 11.5 Å². The van der Waals surface area contributed by atoms with E-state index >= 15 is 0 Å². The minimum absolute atomic E-state index is 0.309. The van der Waals surface area contributed by atoms with Crippen molar-refractivity contribution in [1.29, 1.82) is 0 Å². The summed E-state index contributed by atoms with van der Waals surface area (Å²) in [6.45, 7) is 2.23. The molecule has 2 rings (SSSR count). The van der Waals surface area contributed by atoms with Crippen molar-refractivity contribution in [2.45, 2.75) is 101 Å². The molecule has 0 aromatic carbocycles. The van der Waals surface area contributed by atoms with Gasteiger partial charge in [-0.25, -0.2) is 0 Å². The second-order valence-corrected chi connectivity index (χ2v) is 11.3. The summed E-state index contributed by atoms with van der Waals surface area (Å²) in [5, 5.41) is 10.3. The highest BCUT2D eigenvalue weighted by atomic mass is 32.2. The summed E-state index contributed by atoms with van der Waals surface area (Å²) in [6, 6.07) is 0. The van der Waals surface area contributed by atoms with Crippen LogP contribution in [0.5, 0.6) is 0 Å². The number of rotatable bonds is 15. The molecule has 0 aromatic heterocycles. The highest BCUT2D eigenvalue weighted by Gasteiger charge is 2.49. The SMILES string of the molecule is CCCCCCC[S+]([O-])CC1C2CCC(S2)C1CCCCCCC(=O)O. The molecule has 0 amide bonds. The molecule has 2 aliphatic heterocycles. The van der Waals surface area contributed by atoms with E-state index in [0.717, 1.165) is 53.6 Å². The second kappa shape index (κ2) is 12.6. The maximum atomic E-state index is 12.6. The van der Waals surface area contributed by atoms with Gasteiger partial charge in [-0.3, -0.25) is 4.79 Å². The van der Waals surface area contributed by atoms with Crippen molar-refractivity contribution in [3.63, 3.8) is 0 Å². The molecule has 5 heteroatoms. The zero-order valence-electron chi connectivity index (χ0n) is 16.5. The molecule has 0 aliphatic carbocycles. The van der Waals surface area contributed by atoms with Crippen molar-refractivity contribution in [3.05, 3.63) is 0 Å². The van der Waals surface area contributed by atoms with E-state index in [1.54, 1.807) is 0 Å². The number of carboxylic acids is 1. The van der Waals surface area contributed by atoms with Gasteiger partial charge in [0.1, 0.15) is 11.5 Å². The first kappa shape index (κ1) is 22.4. The highest BCUT2D eigenvalue weighted by molar-refractivity contribution is 8.01. The van der Waals surface area contributed by atoms with Gasteiger partial charge < -0.3 is 9.66 Å². The number of carboxylic acid groups (broad SMARTS) is 1. The van der Waals surface area contributed by atoms with Crippen LogP contribution in [0.25, 0.3) is 0 Å². The Morgan fingerprint density at radius 2 is 1.65 bits per heavy atom. The van der Waals surface area contributed by atoms with E-state index in [4.69, 9.17) is 5.11 Å². The van der Waals surface area contributed by atoms with E-state index in [0.29, 0.717) is 12.3 Å². The molecule has 2 bridgehead atoms. The molecule has 2 heterocycles. The quantitative estimate of drug-likeness (QED) is 0.284. The van der Waals surface area contributed by atoms with Crippen LogP contribution in [0.1, 0.15) is 90.4 Å². The predicted octanol–water partition coefficient (Wildman–Crippen LogP) is 5.64. The molecule has 2 saturated heterocycles. The normalized spacial score (nSPS) is 28.5. The lowest BCUT2D eigenvalue weighted by atomic mass is 9.77. The van der Waals surface area contributed by atoms with E-state index in [-0.39, 0.29) is 0 Å². The number of hydrogen-bond acceptors (Lipinski definition) is 3. The maximum absolute atomic E-state index is 12.6. The van der Waals surface area contributed by atoms with Gasteiger partial charge in [0.2, 0.25) is 0 Å². The Morgan fingerprint density at radius 1 is 1.00 bits per heavy atom. The minimum Gasteiger partial charge on any atom is -0.616 e. The van der Waals surface area contributed by atoms with E-state index in [1.807, 2.05) is 0 Å². The Labute approximate surface area is 167 Å². The largest absolute Gasteiger partial charge is 0.616 e. The summed E-state index contributed by atoms with van der Waals surface area (Å²) < 4.78 is 12.6. The topological polar surface area (TPSA) is 60.4 Å². The lowest BCUT2D eigenvalue weighted by Gasteiger charge is -2.30. The van der Waals surface area contributed by atoms with Gasteiger partial charge >= 0.3 is 5.97 Å². The Balaban J connectivity index is 1.64. The van der Waals surface area contributed by atoms with Crippen LogP contribution in [-0.2, 0) is 16.0 Å². The third-order valence-corrected chi connectivity index (χ3v) is 9.49. The predicted molar refractivity (Wildman–Crippen MR) is 113 cm³/mol. The Morgan fingerprint density at radius 3 is 2.38 bits per heavy atom. The highest BCUT2D eigenvalue weighted by Crippen LogP contribution is 2.54. The number of carbonyl (C=O) groups is 1. The van der Waals surface area contributed by atoms with Gasteiger partial charge in [0.25, 0.3) is 0 Å². The number of thioether (sulfide) groups is 1. The van der Waals surface area contributed by atoms with E-state index in [2.05, 4.69) is 18.7 Å². The molecule has 3 nitrogen and oxygen atoms in total. The summed E-state index contributed by atoms with van der Waals surface area (Å²) in [6.07, 6.45) is 14.7. The minimum atomic E-state index is -0.674. The van der Waals surface area contributed by atoms with Crippen LogP contribution in [0.2, 0.25) is 0 Å². The molecule has 5 unspecified atom stereocenters. The standard InChI is InChI=1S/C21H38O3S2/c1-2-3-4-7-10-15-26(24)16-18-17(19-13-14-20(18)25-19)11-8-5-6-9-12-21(22)23/h17-20H,2-16H2,1H3,(H,22,23). The number of fused-ring (bicyclic) bond motifs is 2. The van der Waals surface area contributed by atoms with Gasteiger partial charge in [0, 0.05) is 22.8 Å². The first-order valence-electron chi connectivity index (χ1n) is 10.8. The average Bonchev–Trinajstić information content (AvgIpc) is 3.20. The van der Waals surface area contributed by atoms with Crippen molar-refractivity contribution in [3.8, 4) is 0 Å². The van der Waals surface area contributed by atoms with Crippen LogP contribution in [0.3, 0.4) is 0 Å². The number of aliphatic carboxylic acids is 1. The number of unbranched alkanes of at least 4 members (excludes halogenated alkanes) is 7. The molecule has 0 radical (unpaired) electrons. The van der Waals surface area contributed by atoms with Crippen molar-refractivity contribution in [1.82, 2.24) is 0 Å². The van der Waals surface area contributed by atoms with Gasteiger partial charge in [-0.15, -0.1) is 0 Å². The van der Waals surface area contributed by atoms with Crippen LogP contribution < -0.4 is 0 Å². The van der Waals surface area contributed by atoms with Crippen LogP contribution in [0.4, 0.5) is 0 Å². The van der Waals surface area contributed by atoms with E-state index in [1.165, 1.54) is 51.4 Å². The van der Waals surface area contributed by atoms with Gasteiger partial charge in [-0.05, 0) is 44.4 Å². The van der Waals surface area contributed by atoms with Gasteiger partial charge in [-0.2, -0.15) is 11.8 Å². The second-order valence-electron chi connectivity index (χ2n) is 8.19. The number of hydrogen-bond donors (Lipinski definition) is 1. The fourth-order valence-electron chi connectivity index (χ4n) is 4.68. The fourth-order valence-corrected chi connectivity index (χ4v) is 8.43. The van der Waals surface area contributed by atoms with Crippen LogP contribution in [-0.4, -0.2) is 37.6 Å². The zero-order valence-corrected chi connectivity index (χ0v) is 18.1. The average molecular weight is 403 g/mol. The summed E-state index contributed by atoms with van der Waals surface area (Å²) in [5.41, 5.74) is 0. The van der Waals surface area contributed by atoms with Crippen LogP contribution in [0, 0.1) is 11.8 Å². The lowest BCUT2D eigenvalue weighted by molar-refractivity contribution is -0.137. The Hall–Kier alpha value is 0.130. The third kappa shape index (κ3) is 7.63. The first-order chi connectivity index (χ1) is 12.6. The molecule has 152 valence electrons. The maximum Gasteiger partial charge on any atom is 0.303 e. The molecule has 0 saturated carbocycles. The molecule has 1 N–H and O–H groups in total. The summed E-state index contributed by atoms with van der Waals surface area (Å²) in [4.78, 5) is 10.6. The van der Waals surface area contributed by atoms with Crippen LogP contribution >= 0.6 is 11.8 Å². The van der Waals surface area contributed by atoms with Gasteiger partial charge in [-0.1, -0.05) is 56.6 Å². The first-order valence-corrected chi connectivity index (χ1v) is 13.3.